The molecule has 0 unspecified atom stereocenters. The topological polar surface area (TPSA) is 82.9 Å². The summed E-state index contributed by atoms with van der Waals surface area (Å²) >= 11 is 12.0. The first kappa shape index (κ1) is 18.3. The quantitative estimate of drug-likeness (QED) is 0.791. The van der Waals surface area contributed by atoms with Crippen LogP contribution in [0.5, 0.6) is 0 Å². The zero-order valence-corrected chi connectivity index (χ0v) is 15.1. The van der Waals surface area contributed by atoms with Gasteiger partial charge in [-0.3, -0.25) is 14.4 Å². The van der Waals surface area contributed by atoms with Gasteiger partial charge < -0.3 is 19.5 Å². The smallest absolute Gasteiger partial charge is 0.313 e. The Bertz CT molecular complexity index is 810. The van der Waals surface area contributed by atoms with E-state index in [0.717, 1.165) is 0 Å². The van der Waals surface area contributed by atoms with Crippen molar-refractivity contribution in [2.75, 3.05) is 31.5 Å². The number of hydrogen-bond donors (Lipinski definition) is 1. The second-order valence-corrected chi connectivity index (χ2v) is 6.43. The van der Waals surface area contributed by atoms with Crippen LogP contribution in [0.25, 0.3) is 0 Å². The van der Waals surface area contributed by atoms with Crippen LogP contribution < -0.4 is 5.32 Å². The van der Waals surface area contributed by atoms with Gasteiger partial charge in [-0.15, -0.1) is 0 Å². The Kier molecular flexibility index (Phi) is 5.49. The molecule has 1 N–H and O–H groups in total. The third-order valence-corrected chi connectivity index (χ3v) is 4.61. The maximum atomic E-state index is 12.3. The predicted octanol–water partition coefficient (Wildman–Crippen LogP) is 2.51. The lowest BCUT2D eigenvalue weighted by Gasteiger charge is -2.33. The number of para-hydroxylation sites is 1. The number of rotatable bonds is 2. The van der Waals surface area contributed by atoms with Crippen LogP contribution in [0.3, 0.4) is 0 Å². The Morgan fingerprint density at radius 3 is 2.12 bits per heavy atom. The van der Waals surface area contributed by atoms with Crippen LogP contribution in [0.4, 0.5) is 5.69 Å². The van der Waals surface area contributed by atoms with Crippen LogP contribution >= 0.6 is 23.2 Å². The summed E-state index contributed by atoms with van der Waals surface area (Å²) in [4.78, 5) is 39.7. The van der Waals surface area contributed by atoms with Crippen LogP contribution in [0.2, 0.25) is 10.0 Å². The number of carbonyl (C=O) groups excluding carboxylic acids is 3. The molecule has 1 aromatic carbocycles. The van der Waals surface area contributed by atoms with Crippen molar-refractivity contribution in [3.63, 3.8) is 0 Å². The predicted molar refractivity (Wildman–Crippen MR) is 96.3 cm³/mol. The lowest BCUT2D eigenvalue weighted by molar-refractivity contribution is -0.144. The average Bonchev–Trinajstić information content (AvgIpc) is 3.18. The molecule has 0 spiro atoms. The summed E-state index contributed by atoms with van der Waals surface area (Å²) < 4.78 is 5.09. The standard InChI is InChI=1S/C17H15Cl2N3O4/c18-11-3-1-4-12(19)14(11)20-15(23)17(25)22-8-6-21(7-9-22)16(24)13-5-2-10-26-13/h1-5,10H,6-9H2,(H,20,23). The van der Waals surface area contributed by atoms with Gasteiger partial charge >= 0.3 is 11.8 Å². The number of carbonyl (C=O) groups is 3. The highest BCUT2D eigenvalue weighted by Gasteiger charge is 2.29. The average molecular weight is 396 g/mol. The number of piperazine rings is 1. The van der Waals surface area contributed by atoms with E-state index in [9.17, 15) is 14.4 Å². The first-order chi connectivity index (χ1) is 12.5. The van der Waals surface area contributed by atoms with Gasteiger partial charge in [-0.2, -0.15) is 0 Å². The van der Waals surface area contributed by atoms with Gasteiger partial charge in [0.2, 0.25) is 0 Å². The molecule has 3 amide bonds. The molecule has 2 heterocycles. The number of benzene rings is 1. The van der Waals surface area contributed by atoms with Gasteiger partial charge in [0, 0.05) is 26.2 Å². The highest BCUT2D eigenvalue weighted by molar-refractivity contribution is 6.44. The monoisotopic (exact) mass is 395 g/mol. The van der Waals surface area contributed by atoms with Crippen molar-refractivity contribution >= 4 is 46.6 Å². The number of halogens is 2. The molecular formula is C17H15Cl2N3O4. The molecule has 0 saturated carbocycles. The van der Waals surface area contributed by atoms with E-state index < -0.39 is 11.8 Å². The third kappa shape index (κ3) is 3.84. The van der Waals surface area contributed by atoms with Crippen LogP contribution in [0, 0.1) is 0 Å². The Morgan fingerprint density at radius 2 is 1.54 bits per heavy atom. The number of nitrogens with one attached hydrogen (secondary N) is 1. The van der Waals surface area contributed by atoms with E-state index in [1.165, 1.54) is 11.2 Å². The van der Waals surface area contributed by atoms with Crippen molar-refractivity contribution in [2.45, 2.75) is 0 Å². The molecule has 3 rings (SSSR count). The Morgan fingerprint density at radius 1 is 0.923 bits per heavy atom. The van der Waals surface area contributed by atoms with Crippen LogP contribution in [0.1, 0.15) is 10.6 Å². The molecule has 0 radical (unpaired) electrons. The Balaban J connectivity index is 1.58. The van der Waals surface area contributed by atoms with E-state index in [1.54, 1.807) is 35.2 Å². The molecule has 1 aliphatic rings. The van der Waals surface area contributed by atoms with Crippen LogP contribution in [-0.2, 0) is 9.59 Å². The van der Waals surface area contributed by atoms with Gasteiger partial charge in [-0.1, -0.05) is 29.3 Å². The minimum absolute atomic E-state index is 0.195. The second kappa shape index (κ2) is 7.80. The molecule has 1 saturated heterocycles. The lowest BCUT2D eigenvalue weighted by atomic mass is 10.2. The fraction of sp³-hybridized carbons (Fsp3) is 0.235. The van der Waals surface area contributed by atoms with Crippen molar-refractivity contribution < 1.29 is 18.8 Å². The van der Waals surface area contributed by atoms with Gasteiger partial charge in [0.25, 0.3) is 5.91 Å². The second-order valence-electron chi connectivity index (χ2n) is 5.61. The van der Waals surface area contributed by atoms with Crippen molar-refractivity contribution in [2.24, 2.45) is 0 Å². The van der Waals surface area contributed by atoms with E-state index in [4.69, 9.17) is 27.6 Å². The fourth-order valence-electron chi connectivity index (χ4n) is 2.60. The van der Waals surface area contributed by atoms with Crippen LogP contribution in [-0.4, -0.2) is 53.7 Å². The van der Waals surface area contributed by atoms with Crippen molar-refractivity contribution in [1.82, 2.24) is 9.80 Å². The molecule has 9 heteroatoms. The van der Waals surface area contributed by atoms with Crippen molar-refractivity contribution in [1.29, 1.82) is 0 Å². The summed E-state index contributed by atoms with van der Waals surface area (Å²) in [6.45, 7) is 1.11. The summed E-state index contributed by atoms with van der Waals surface area (Å²) in [5, 5.41) is 2.93. The number of amides is 3. The summed E-state index contributed by atoms with van der Waals surface area (Å²) in [5.41, 5.74) is 0.195. The fourth-order valence-corrected chi connectivity index (χ4v) is 3.09. The highest BCUT2D eigenvalue weighted by Crippen LogP contribution is 2.29. The molecule has 1 aliphatic heterocycles. The molecule has 2 aromatic rings. The number of hydrogen-bond acceptors (Lipinski definition) is 4. The molecule has 1 fully saturated rings. The number of nitrogens with zero attached hydrogens (tertiary/aromatic N) is 2. The van der Waals surface area contributed by atoms with Crippen molar-refractivity contribution in [3.05, 3.63) is 52.4 Å². The van der Waals surface area contributed by atoms with Gasteiger partial charge in [0.05, 0.1) is 22.0 Å². The maximum absolute atomic E-state index is 12.3. The van der Waals surface area contributed by atoms with Gasteiger partial charge in [-0.25, -0.2) is 0 Å². The molecule has 136 valence electrons. The van der Waals surface area contributed by atoms with E-state index in [0.29, 0.717) is 13.1 Å². The minimum Gasteiger partial charge on any atom is -0.459 e. The van der Waals surface area contributed by atoms with E-state index >= 15 is 0 Å². The third-order valence-electron chi connectivity index (χ3n) is 3.98. The lowest BCUT2D eigenvalue weighted by Crippen LogP contribution is -2.53. The first-order valence-electron chi connectivity index (χ1n) is 7.84. The molecule has 26 heavy (non-hydrogen) atoms. The maximum Gasteiger partial charge on any atom is 0.313 e. The van der Waals surface area contributed by atoms with Crippen LogP contribution in [0.15, 0.2) is 41.0 Å². The Labute approximate surface area is 159 Å². The highest BCUT2D eigenvalue weighted by atomic mass is 35.5. The van der Waals surface area contributed by atoms with Crippen molar-refractivity contribution in [3.8, 4) is 0 Å². The minimum atomic E-state index is -0.828. The normalized spacial score (nSPS) is 14.2. The summed E-state index contributed by atoms with van der Waals surface area (Å²) in [7, 11) is 0. The number of furan rings is 1. The summed E-state index contributed by atoms with van der Waals surface area (Å²) in [5.74, 6) is -1.53. The molecule has 7 nitrogen and oxygen atoms in total. The van der Waals surface area contributed by atoms with E-state index in [2.05, 4.69) is 5.32 Å². The summed E-state index contributed by atoms with van der Waals surface area (Å²) in [6.07, 6.45) is 1.43. The Hall–Kier alpha value is -2.51. The van der Waals surface area contributed by atoms with E-state index in [-0.39, 0.29) is 40.5 Å². The molecule has 0 atom stereocenters. The number of anilines is 1. The molecule has 0 aliphatic carbocycles. The van der Waals surface area contributed by atoms with Gasteiger partial charge in [0.15, 0.2) is 5.76 Å². The largest absolute Gasteiger partial charge is 0.459 e. The molecule has 0 bridgehead atoms. The zero-order valence-electron chi connectivity index (χ0n) is 13.6. The zero-order chi connectivity index (χ0) is 18.7. The SMILES string of the molecule is O=C(Nc1c(Cl)cccc1Cl)C(=O)N1CCN(C(=O)c2ccco2)CC1. The van der Waals surface area contributed by atoms with E-state index in [1.807, 2.05) is 0 Å². The molecular weight excluding hydrogens is 381 g/mol. The molecule has 1 aromatic heterocycles. The van der Waals surface area contributed by atoms with Gasteiger partial charge in [0.1, 0.15) is 0 Å². The summed E-state index contributed by atoms with van der Waals surface area (Å²) in [6, 6.07) is 7.98. The van der Waals surface area contributed by atoms with Gasteiger partial charge in [-0.05, 0) is 24.3 Å². The first-order valence-corrected chi connectivity index (χ1v) is 8.60.